The monoisotopic (exact) mass is 332 g/mol. The summed E-state index contributed by atoms with van der Waals surface area (Å²) in [4.78, 5) is 12.2. The average molecular weight is 332 g/mol. The first kappa shape index (κ1) is 17.6. The van der Waals surface area contributed by atoms with Gasteiger partial charge in [0.1, 0.15) is 23.4 Å². The van der Waals surface area contributed by atoms with E-state index in [4.69, 9.17) is 0 Å². The summed E-state index contributed by atoms with van der Waals surface area (Å²) in [5.41, 5.74) is 0.0522. The van der Waals surface area contributed by atoms with Crippen LogP contribution in [0.2, 0.25) is 0 Å². The molecule has 126 valence electrons. The second-order valence-electron chi connectivity index (χ2n) is 5.35. The van der Waals surface area contributed by atoms with Crippen LogP contribution < -0.4 is 5.32 Å². The summed E-state index contributed by atoms with van der Waals surface area (Å²) in [5, 5.41) is 15.8. The molecule has 1 atom stereocenters. The molecule has 24 heavy (non-hydrogen) atoms. The molecule has 0 aliphatic carbocycles. The highest BCUT2D eigenvalue weighted by Crippen LogP contribution is 2.19. The first-order chi connectivity index (χ1) is 11.5. The number of amides is 1. The predicted molar refractivity (Wildman–Crippen MR) is 84.0 cm³/mol. The van der Waals surface area contributed by atoms with Crippen molar-refractivity contribution >= 4 is 5.91 Å². The van der Waals surface area contributed by atoms with Crippen molar-refractivity contribution in [3.8, 4) is 6.07 Å². The largest absolute Gasteiger partial charge is 0.331 e. The lowest BCUT2D eigenvalue weighted by atomic mass is 10.1. The van der Waals surface area contributed by atoms with Crippen LogP contribution in [-0.4, -0.2) is 15.7 Å². The SMILES string of the molecule is CCC(CC)n1ccc(C(=O)N[C@@H](C#N)c2ccc(F)cc2F)n1. The quantitative estimate of drug-likeness (QED) is 0.880. The maximum absolute atomic E-state index is 13.8. The zero-order valence-electron chi connectivity index (χ0n) is 13.5. The number of aromatic nitrogens is 2. The van der Waals surface area contributed by atoms with Gasteiger partial charge in [0.2, 0.25) is 0 Å². The number of carbonyl (C=O) groups excluding carboxylic acids is 1. The summed E-state index contributed by atoms with van der Waals surface area (Å²) in [6.07, 6.45) is 3.45. The number of nitrogens with zero attached hydrogens (tertiary/aromatic N) is 3. The van der Waals surface area contributed by atoms with Gasteiger partial charge in [-0.2, -0.15) is 10.4 Å². The molecule has 0 aliphatic rings. The third-order valence-electron chi connectivity index (χ3n) is 3.84. The van der Waals surface area contributed by atoms with Crippen molar-refractivity contribution in [2.24, 2.45) is 0 Å². The topological polar surface area (TPSA) is 70.7 Å². The van der Waals surface area contributed by atoms with Crippen LogP contribution >= 0.6 is 0 Å². The molecule has 1 heterocycles. The van der Waals surface area contributed by atoms with Crippen molar-refractivity contribution in [3.63, 3.8) is 0 Å². The second kappa shape index (κ2) is 7.68. The second-order valence-corrected chi connectivity index (χ2v) is 5.35. The summed E-state index contributed by atoms with van der Waals surface area (Å²) in [6.45, 7) is 4.05. The van der Waals surface area contributed by atoms with E-state index in [1.165, 1.54) is 0 Å². The van der Waals surface area contributed by atoms with Gasteiger partial charge in [0.25, 0.3) is 5.91 Å². The van der Waals surface area contributed by atoms with E-state index in [1.807, 2.05) is 13.8 Å². The van der Waals surface area contributed by atoms with Crippen molar-refractivity contribution in [3.05, 3.63) is 53.4 Å². The number of nitriles is 1. The number of halogens is 2. The van der Waals surface area contributed by atoms with Gasteiger partial charge in [-0.25, -0.2) is 8.78 Å². The lowest BCUT2D eigenvalue weighted by molar-refractivity contribution is 0.0938. The Kier molecular flexibility index (Phi) is 5.64. The van der Waals surface area contributed by atoms with Gasteiger partial charge >= 0.3 is 0 Å². The first-order valence-electron chi connectivity index (χ1n) is 7.70. The molecule has 1 aromatic carbocycles. The van der Waals surface area contributed by atoms with Crippen LogP contribution in [0.15, 0.2) is 30.5 Å². The van der Waals surface area contributed by atoms with Crippen LogP contribution in [0.5, 0.6) is 0 Å². The van der Waals surface area contributed by atoms with E-state index in [9.17, 15) is 18.8 Å². The van der Waals surface area contributed by atoms with E-state index < -0.39 is 23.6 Å². The summed E-state index contributed by atoms with van der Waals surface area (Å²) in [7, 11) is 0. The van der Waals surface area contributed by atoms with Crippen LogP contribution in [-0.2, 0) is 0 Å². The predicted octanol–water partition coefficient (Wildman–Crippen LogP) is 3.52. The van der Waals surface area contributed by atoms with Gasteiger partial charge < -0.3 is 5.32 Å². The third-order valence-corrected chi connectivity index (χ3v) is 3.84. The molecule has 0 fully saturated rings. The molecule has 0 bridgehead atoms. The molecular weight excluding hydrogens is 314 g/mol. The Balaban J connectivity index is 2.17. The summed E-state index contributed by atoms with van der Waals surface area (Å²) in [5.74, 6) is -2.22. The Morgan fingerprint density at radius 3 is 2.62 bits per heavy atom. The van der Waals surface area contributed by atoms with Gasteiger partial charge in [0, 0.05) is 17.8 Å². The van der Waals surface area contributed by atoms with Crippen molar-refractivity contribution in [1.82, 2.24) is 15.1 Å². The fourth-order valence-electron chi connectivity index (χ4n) is 2.45. The molecule has 0 aliphatic heterocycles. The lowest BCUT2D eigenvalue weighted by Crippen LogP contribution is -2.29. The van der Waals surface area contributed by atoms with Crippen molar-refractivity contribution in [2.75, 3.05) is 0 Å². The summed E-state index contributed by atoms with van der Waals surface area (Å²) < 4.78 is 28.4. The normalized spacial score (nSPS) is 12.0. The maximum atomic E-state index is 13.8. The first-order valence-corrected chi connectivity index (χ1v) is 7.70. The molecule has 7 heteroatoms. The fourth-order valence-corrected chi connectivity index (χ4v) is 2.45. The van der Waals surface area contributed by atoms with Crippen LogP contribution in [0.1, 0.15) is 54.8 Å². The van der Waals surface area contributed by atoms with Crippen molar-refractivity contribution < 1.29 is 13.6 Å². The van der Waals surface area contributed by atoms with Crippen LogP contribution in [0.25, 0.3) is 0 Å². The smallest absolute Gasteiger partial charge is 0.273 e. The van der Waals surface area contributed by atoms with Gasteiger partial charge in [-0.3, -0.25) is 9.48 Å². The zero-order chi connectivity index (χ0) is 17.7. The molecule has 2 aromatic rings. The molecule has 0 spiro atoms. The molecule has 1 N–H and O–H groups in total. The number of nitrogens with one attached hydrogen (secondary N) is 1. The van der Waals surface area contributed by atoms with Gasteiger partial charge in [-0.05, 0) is 25.0 Å². The lowest BCUT2D eigenvalue weighted by Gasteiger charge is -2.13. The summed E-state index contributed by atoms with van der Waals surface area (Å²) >= 11 is 0. The Hall–Kier alpha value is -2.75. The minimum atomic E-state index is -1.23. The van der Waals surface area contributed by atoms with E-state index in [-0.39, 0.29) is 17.3 Å². The molecule has 0 saturated heterocycles. The fraction of sp³-hybridized carbons (Fsp3) is 0.353. The van der Waals surface area contributed by atoms with E-state index in [2.05, 4.69) is 10.4 Å². The zero-order valence-corrected chi connectivity index (χ0v) is 13.5. The van der Waals surface area contributed by atoms with Gasteiger partial charge in [0.15, 0.2) is 0 Å². The molecule has 0 radical (unpaired) electrons. The molecule has 1 amide bonds. The highest BCUT2D eigenvalue weighted by Gasteiger charge is 2.21. The Bertz CT molecular complexity index is 762. The number of hydrogen-bond acceptors (Lipinski definition) is 3. The minimum absolute atomic E-state index is 0.0910. The molecule has 2 rings (SSSR count). The number of hydrogen-bond donors (Lipinski definition) is 1. The average Bonchev–Trinajstić information content (AvgIpc) is 3.04. The van der Waals surface area contributed by atoms with Crippen LogP contribution in [0.3, 0.4) is 0 Å². The minimum Gasteiger partial charge on any atom is -0.331 e. The standard InChI is InChI=1S/C17H18F2N4O/c1-3-12(4-2)23-8-7-15(22-23)17(24)21-16(10-20)13-6-5-11(18)9-14(13)19/h5-9,12,16H,3-4H2,1-2H3,(H,21,24)/t16-/m0/s1. The molecule has 5 nitrogen and oxygen atoms in total. The van der Waals surface area contributed by atoms with Crippen LogP contribution in [0, 0.1) is 23.0 Å². The molecule has 0 unspecified atom stereocenters. The van der Waals surface area contributed by atoms with Gasteiger partial charge in [-0.15, -0.1) is 0 Å². The van der Waals surface area contributed by atoms with E-state index >= 15 is 0 Å². The molecular formula is C17H18F2N4O. The van der Waals surface area contributed by atoms with Crippen LogP contribution in [0.4, 0.5) is 8.78 Å². The highest BCUT2D eigenvalue weighted by molar-refractivity contribution is 5.92. The Morgan fingerprint density at radius 1 is 1.33 bits per heavy atom. The van der Waals surface area contributed by atoms with E-state index in [0.717, 1.165) is 25.0 Å². The molecule has 1 aromatic heterocycles. The highest BCUT2D eigenvalue weighted by atomic mass is 19.1. The number of benzene rings is 1. The van der Waals surface area contributed by atoms with E-state index in [1.54, 1.807) is 23.0 Å². The maximum Gasteiger partial charge on any atom is 0.273 e. The number of carbonyl (C=O) groups is 1. The summed E-state index contributed by atoms with van der Waals surface area (Å²) in [6, 6.07) is 5.16. The van der Waals surface area contributed by atoms with Gasteiger partial charge in [0.05, 0.1) is 12.1 Å². The van der Waals surface area contributed by atoms with E-state index in [0.29, 0.717) is 6.07 Å². The van der Waals surface area contributed by atoms with Crippen molar-refractivity contribution in [2.45, 2.75) is 38.8 Å². The van der Waals surface area contributed by atoms with Crippen molar-refractivity contribution in [1.29, 1.82) is 5.26 Å². The Labute approximate surface area is 138 Å². The Morgan fingerprint density at radius 2 is 2.04 bits per heavy atom. The van der Waals surface area contributed by atoms with Gasteiger partial charge in [-0.1, -0.05) is 19.9 Å². The molecule has 0 saturated carbocycles. The third kappa shape index (κ3) is 3.77. The number of rotatable bonds is 6.